The van der Waals surface area contributed by atoms with Crippen LogP contribution in [0.5, 0.6) is 0 Å². The number of esters is 1. The van der Waals surface area contributed by atoms with Crippen LogP contribution in [0.4, 0.5) is 0 Å². The van der Waals surface area contributed by atoms with E-state index in [9.17, 15) is 19.8 Å². The molecule has 2 aromatic heterocycles. The Balaban J connectivity index is 1.82. The molecule has 2 aliphatic heterocycles. The van der Waals surface area contributed by atoms with E-state index in [2.05, 4.69) is 0 Å². The van der Waals surface area contributed by atoms with E-state index >= 15 is 0 Å². The van der Waals surface area contributed by atoms with E-state index < -0.39 is 24.3 Å². The molecule has 7 nitrogen and oxygen atoms in total. The van der Waals surface area contributed by atoms with Gasteiger partial charge in [0.05, 0.1) is 35.6 Å². The van der Waals surface area contributed by atoms with E-state index in [1.165, 1.54) is 0 Å². The van der Waals surface area contributed by atoms with Gasteiger partial charge in [0.1, 0.15) is 0 Å². The van der Waals surface area contributed by atoms with Crippen LogP contribution in [-0.4, -0.2) is 32.3 Å². The van der Waals surface area contributed by atoms with Crippen molar-refractivity contribution in [1.82, 2.24) is 9.55 Å². The van der Waals surface area contributed by atoms with Crippen molar-refractivity contribution < 1.29 is 19.7 Å². The Morgan fingerprint density at radius 2 is 2.07 bits per heavy atom. The van der Waals surface area contributed by atoms with Crippen molar-refractivity contribution in [1.29, 1.82) is 0 Å². The first-order valence-corrected chi connectivity index (χ1v) is 9.19. The molecule has 0 amide bonds. The lowest BCUT2D eigenvalue weighted by Gasteiger charge is -2.35. The third-order valence-electron chi connectivity index (χ3n) is 5.74. The topological polar surface area (TPSA) is 102 Å². The lowest BCUT2D eigenvalue weighted by Crippen LogP contribution is -2.46. The van der Waals surface area contributed by atoms with Gasteiger partial charge in [-0.15, -0.1) is 0 Å². The van der Waals surface area contributed by atoms with Crippen molar-refractivity contribution in [2.45, 2.75) is 31.6 Å². The van der Waals surface area contributed by atoms with E-state index in [0.29, 0.717) is 17.9 Å². The molecule has 4 heterocycles. The summed E-state index contributed by atoms with van der Waals surface area (Å²) in [5.74, 6) is -0.851. The second-order valence-corrected chi connectivity index (χ2v) is 7.23. The maximum Gasteiger partial charge on any atom is 0.343 e. The van der Waals surface area contributed by atoms with Crippen molar-refractivity contribution in [2.24, 2.45) is 0 Å². The average Bonchev–Trinajstić information content (AvgIpc) is 3.07. The number of pyridine rings is 2. The summed E-state index contributed by atoms with van der Waals surface area (Å²) < 4.78 is 6.74. The third kappa shape index (κ3) is 2.08. The molecule has 5 rings (SSSR count). The Hall–Kier alpha value is -3.03. The predicted octanol–water partition coefficient (Wildman–Crippen LogP) is 1.61. The summed E-state index contributed by atoms with van der Waals surface area (Å²) in [6.07, 6.45) is -1.03. The van der Waals surface area contributed by atoms with Crippen LogP contribution in [0.15, 0.2) is 41.2 Å². The summed E-state index contributed by atoms with van der Waals surface area (Å²) in [5, 5.41) is 21.6. The Morgan fingerprint density at radius 1 is 1.29 bits per heavy atom. The normalized spacial score (nSPS) is 22.5. The van der Waals surface area contributed by atoms with Crippen LogP contribution in [0.2, 0.25) is 0 Å². The molecule has 3 aromatic rings. The summed E-state index contributed by atoms with van der Waals surface area (Å²) in [6.45, 7) is 1.46. The second-order valence-electron chi connectivity index (χ2n) is 7.23. The van der Waals surface area contributed by atoms with Gasteiger partial charge in [0.15, 0.2) is 11.7 Å². The number of hydrogen-bond acceptors (Lipinski definition) is 6. The first-order chi connectivity index (χ1) is 13.5. The van der Waals surface area contributed by atoms with Crippen LogP contribution in [0.25, 0.3) is 22.3 Å². The monoisotopic (exact) mass is 378 g/mol. The molecule has 142 valence electrons. The fourth-order valence-electron chi connectivity index (χ4n) is 4.20. The van der Waals surface area contributed by atoms with Crippen LogP contribution in [0, 0.1) is 0 Å². The predicted molar refractivity (Wildman–Crippen MR) is 101 cm³/mol. The first kappa shape index (κ1) is 17.1. The largest absolute Gasteiger partial charge is 0.452 e. The molecule has 0 bridgehead atoms. The Labute approximate surface area is 159 Å². The number of cyclic esters (lactones) is 1. The molecule has 0 spiro atoms. The molecule has 0 aliphatic carbocycles. The van der Waals surface area contributed by atoms with Crippen LogP contribution in [-0.2, 0) is 21.7 Å². The SMILES string of the molecule is CC[C@@]1(O)C(=O)OC(CO)c2c1cc1n(c2=O)Cc2cc3ccccc3nc2-1. The summed E-state index contributed by atoms with van der Waals surface area (Å²) in [5.41, 5.74) is 0.948. The molecule has 28 heavy (non-hydrogen) atoms. The zero-order valence-corrected chi connectivity index (χ0v) is 15.2. The zero-order valence-electron chi connectivity index (χ0n) is 15.2. The zero-order chi connectivity index (χ0) is 19.6. The van der Waals surface area contributed by atoms with Gasteiger partial charge < -0.3 is 19.5 Å². The molecule has 0 saturated heterocycles. The fraction of sp³-hybridized carbons (Fsp3) is 0.286. The number of carbonyl (C=O) groups excluding carboxylic acids is 1. The third-order valence-corrected chi connectivity index (χ3v) is 5.74. The number of benzene rings is 1. The maximum atomic E-state index is 13.3. The van der Waals surface area contributed by atoms with Gasteiger partial charge in [-0.25, -0.2) is 9.78 Å². The lowest BCUT2D eigenvalue weighted by atomic mass is 9.83. The van der Waals surface area contributed by atoms with Crippen molar-refractivity contribution in [3.63, 3.8) is 0 Å². The van der Waals surface area contributed by atoms with E-state index in [1.54, 1.807) is 17.6 Å². The van der Waals surface area contributed by atoms with Crippen molar-refractivity contribution >= 4 is 16.9 Å². The van der Waals surface area contributed by atoms with Crippen LogP contribution < -0.4 is 5.56 Å². The van der Waals surface area contributed by atoms with E-state index in [0.717, 1.165) is 16.5 Å². The van der Waals surface area contributed by atoms with Crippen LogP contribution in [0.1, 0.15) is 36.1 Å². The summed E-state index contributed by atoms with van der Waals surface area (Å²) in [7, 11) is 0. The number of aliphatic hydroxyl groups excluding tert-OH is 1. The van der Waals surface area contributed by atoms with Gasteiger partial charge in [0.25, 0.3) is 5.56 Å². The second kappa shape index (κ2) is 5.73. The summed E-state index contributed by atoms with van der Waals surface area (Å²) in [6, 6.07) is 11.3. The van der Waals surface area contributed by atoms with Gasteiger partial charge in [0, 0.05) is 16.5 Å². The fourth-order valence-corrected chi connectivity index (χ4v) is 4.20. The van der Waals surface area contributed by atoms with Gasteiger partial charge in [-0.1, -0.05) is 25.1 Å². The van der Waals surface area contributed by atoms with E-state index in [1.807, 2.05) is 30.3 Å². The van der Waals surface area contributed by atoms with Gasteiger partial charge in [-0.05, 0) is 24.6 Å². The van der Waals surface area contributed by atoms with Crippen molar-refractivity contribution in [3.05, 3.63) is 63.4 Å². The summed E-state index contributed by atoms with van der Waals surface area (Å²) >= 11 is 0. The maximum absolute atomic E-state index is 13.3. The quantitative estimate of drug-likeness (QED) is 0.514. The minimum atomic E-state index is -1.92. The van der Waals surface area contributed by atoms with Gasteiger partial charge in [-0.2, -0.15) is 0 Å². The molecule has 2 N–H and O–H groups in total. The van der Waals surface area contributed by atoms with E-state index in [4.69, 9.17) is 9.72 Å². The highest BCUT2D eigenvalue weighted by Gasteiger charge is 2.48. The number of rotatable bonds is 2. The Morgan fingerprint density at radius 3 is 2.82 bits per heavy atom. The number of para-hydroxylation sites is 1. The molecular weight excluding hydrogens is 360 g/mol. The van der Waals surface area contributed by atoms with Crippen molar-refractivity contribution in [2.75, 3.05) is 6.61 Å². The van der Waals surface area contributed by atoms with Gasteiger partial charge in [0.2, 0.25) is 0 Å². The number of nitrogens with zero attached hydrogens (tertiary/aromatic N) is 2. The standard InChI is InChI=1S/C21H18N2O5/c1-2-21(27)13-8-15-18-12(7-11-5-3-4-6-14(11)22-18)9-23(15)19(25)17(13)16(10-24)28-20(21)26/h3-8,16,24,27H,2,9-10H2,1H3/t16?,21-/m0/s1. The molecule has 0 fully saturated rings. The molecule has 0 saturated carbocycles. The highest BCUT2D eigenvalue weighted by molar-refractivity contribution is 5.86. The highest BCUT2D eigenvalue weighted by Crippen LogP contribution is 2.41. The van der Waals surface area contributed by atoms with Crippen LogP contribution in [0.3, 0.4) is 0 Å². The van der Waals surface area contributed by atoms with E-state index in [-0.39, 0.29) is 23.1 Å². The van der Waals surface area contributed by atoms with Gasteiger partial charge >= 0.3 is 5.97 Å². The molecule has 1 unspecified atom stereocenters. The summed E-state index contributed by atoms with van der Waals surface area (Å²) in [4.78, 5) is 30.4. The number of hydrogen-bond donors (Lipinski definition) is 2. The van der Waals surface area contributed by atoms with Crippen LogP contribution >= 0.6 is 0 Å². The minimum absolute atomic E-state index is 0.0535. The minimum Gasteiger partial charge on any atom is -0.452 e. The molecule has 2 aliphatic rings. The Bertz CT molecular complexity index is 1220. The molecule has 2 atom stereocenters. The number of ether oxygens (including phenoxy) is 1. The molecule has 0 radical (unpaired) electrons. The molecular formula is C21H18N2O5. The van der Waals surface area contributed by atoms with Gasteiger partial charge in [-0.3, -0.25) is 4.79 Å². The highest BCUT2D eigenvalue weighted by atomic mass is 16.6. The molecule has 1 aromatic carbocycles. The lowest BCUT2D eigenvalue weighted by molar-refractivity contribution is -0.180. The number of aliphatic hydroxyl groups is 2. The van der Waals surface area contributed by atoms with Crippen molar-refractivity contribution in [3.8, 4) is 11.4 Å². The smallest absolute Gasteiger partial charge is 0.343 e. The first-order valence-electron chi connectivity index (χ1n) is 9.19. The average molecular weight is 378 g/mol. The number of aromatic nitrogens is 2. The number of fused-ring (bicyclic) bond motifs is 5. The molecule has 7 heteroatoms. The number of carbonyl (C=O) groups is 1. The Kier molecular flexibility index (Phi) is 3.50.